The molecule has 0 saturated carbocycles. The molecule has 0 radical (unpaired) electrons. The Hall–Kier alpha value is -1.82. The molecule has 0 atom stereocenters. The van der Waals surface area contributed by atoms with Gasteiger partial charge in [-0.3, -0.25) is 10.1 Å². The molecule has 1 heterocycles. The van der Waals surface area contributed by atoms with Crippen LogP contribution >= 0.6 is 11.6 Å². The number of likely N-dealkylation sites (tertiary alicyclic amines) is 1. The van der Waals surface area contributed by atoms with Gasteiger partial charge in [-0.25, -0.2) is 4.79 Å². The van der Waals surface area contributed by atoms with Gasteiger partial charge in [0.2, 0.25) is 0 Å². The van der Waals surface area contributed by atoms with Crippen molar-refractivity contribution in [3.8, 4) is 0 Å². The van der Waals surface area contributed by atoms with Gasteiger partial charge in [0.1, 0.15) is 5.69 Å². The lowest BCUT2D eigenvalue weighted by Gasteiger charge is -2.20. The number of nitrogens with zero attached hydrogens (tertiary/aromatic N) is 2. The van der Waals surface area contributed by atoms with Gasteiger partial charge in [-0.2, -0.15) is 0 Å². The molecule has 1 aliphatic rings. The monoisotopic (exact) mass is 297 g/mol. The van der Waals surface area contributed by atoms with Gasteiger partial charge >= 0.3 is 6.03 Å². The zero-order valence-electron chi connectivity index (χ0n) is 11.0. The maximum atomic E-state index is 12.2. The van der Waals surface area contributed by atoms with Crippen LogP contribution in [0.2, 0.25) is 5.02 Å². The summed E-state index contributed by atoms with van der Waals surface area (Å²) in [7, 11) is 0. The number of halogens is 1. The number of nitro benzene ring substituents is 1. The summed E-state index contributed by atoms with van der Waals surface area (Å²) >= 11 is 5.83. The summed E-state index contributed by atoms with van der Waals surface area (Å²) in [6.07, 6.45) is 4.15. The van der Waals surface area contributed by atoms with Crippen LogP contribution in [0.5, 0.6) is 0 Å². The zero-order chi connectivity index (χ0) is 14.5. The minimum Gasteiger partial charge on any atom is -0.325 e. The Balaban J connectivity index is 2.14. The first-order valence-electron chi connectivity index (χ1n) is 6.58. The number of carbonyl (C=O) groups excluding carboxylic acids is 1. The number of nitrogens with one attached hydrogen (secondary N) is 1. The van der Waals surface area contributed by atoms with E-state index < -0.39 is 4.92 Å². The SMILES string of the molecule is O=C(Nc1cc(Cl)ccc1[N+](=O)[O-])N1CCCCCC1. The minimum absolute atomic E-state index is 0.136. The lowest BCUT2D eigenvalue weighted by Crippen LogP contribution is -2.35. The second-order valence-electron chi connectivity index (χ2n) is 4.75. The molecule has 1 N–H and O–H groups in total. The quantitative estimate of drug-likeness (QED) is 0.668. The van der Waals surface area contributed by atoms with Crippen LogP contribution in [-0.2, 0) is 0 Å². The Morgan fingerprint density at radius 2 is 1.90 bits per heavy atom. The van der Waals surface area contributed by atoms with E-state index in [4.69, 9.17) is 11.6 Å². The van der Waals surface area contributed by atoms with E-state index in [0.29, 0.717) is 18.1 Å². The van der Waals surface area contributed by atoms with E-state index in [0.717, 1.165) is 25.7 Å². The number of anilines is 1. The van der Waals surface area contributed by atoms with Gasteiger partial charge in [-0.05, 0) is 25.0 Å². The predicted octanol–water partition coefficient (Wildman–Crippen LogP) is 3.66. The molecule has 0 aromatic heterocycles. The summed E-state index contributed by atoms with van der Waals surface area (Å²) in [5.41, 5.74) is -0.0191. The van der Waals surface area contributed by atoms with Crippen molar-refractivity contribution in [1.29, 1.82) is 0 Å². The third-order valence-corrected chi connectivity index (χ3v) is 3.53. The fourth-order valence-electron chi connectivity index (χ4n) is 2.24. The van der Waals surface area contributed by atoms with E-state index in [2.05, 4.69) is 5.32 Å². The van der Waals surface area contributed by atoms with Gasteiger partial charge in [0, 0.05) is 24.2 Å². The normalized spacial score (nSPS) is 15.6. The first kappa shape index (κ1) is 14.6. The summed E-state index contributed by atoms with van der Waals surface area (Å²) in [6, 6.07) is 3.81. The first-order chi connectivity index (χ1) is 9.58. The highest BCUT2D eigenvalue weighted by atomic mass is 35.5. The van der Waals surface area contributed by atoms with E-state index >= 15 is 0 Å². The van der Waals surface area contributed by atoms with Crippen molar-refractivity contribution >= 4 is 29.0 Å². The second-order valence-corrected chi connectivity index (χ2v) is 5.19. The maximum absolute atomic E-state index is 12.2. The van der Waals surface area contributed by atoms with Gasteiger partial charge in [-0.15, -0.1) is 0 Å². The highest BCUT2D eigenvalue weighted by Gasteiger charge is 2.20. The number of urea groups is 1. The van der Waals surface area contributed by atoms with Crippen LogP contribution in [0.15, 0.2) is 18.2 Å². The number of carbonyl (C=O) groups is 1. The molecule has 1 aromatic rings. The van der Waals surface area contributed by atoms with E-state index in [-0.39, 0.29) is 17.4 Å². The van der Waals surface area contributed by atoms with E-state index in [9.17, 15) is 14.9 Å². The number of hydrogen-bond acceptors (Lipinski definition) is 3. The van der Waals surface area contributed by atoms with Crippen molar-refractivity contribution in [2.24, 2.45) is 0 Å². The molecular formula is C13H16ClN3O3. The van der Waals surface area contributed by atoms with Gasteiger partial charge in [0.25, 0.3) is 5.69 Å². The topological polar surface area (TPSA) is 75.5 Å². The van der Waals surface area contributed by atoms with Crippen LogP contribution in [0.3, 0.4) is 0 Å². The second kappa shape index (κ2) is 6.56. The van der Waals surface area contributed by atoms with Crippen molar-refractivity contribution in [2.45, 2.75) is 25.7 Å². The van der Waals surface area contributed by atoms with E-state index in [1.165, 1.54) is 18.2 Å². The van der Waals surface area contributed by atoms with Crippen LogP contribution in [0.25, 0.3) is 0 Å². The smallest absolute Gasteiger partial charge is 0.322 e. The van der Waals surface area contributed by atoms with Gasteiger partial charge in [0.15, 0.2) is 0 Å². The molecule has 2 amide bonds. The first-order valence-corrected chi connectivity index (χ1v) is 6.95. The van der Waals surface area contributed by atoms with Crippen molar-refractivity contribution in [1.82, 2.24) is 4.90 Å². The highest BCUT2D eigenvalue weighted by molar-refractivity contribution is 6.31. The molecule has 1 fully saturated rings. The lowest BCUT2D eigenvalue weighted by atomic mass is 10.2. The Morgan fingerprint density at radius 3 is 2.50 bits per heavy atom. The molecule has 1 saturated heterocycles. The van der Waals surface area contributed by atoms with Gasteiger partial charge in [-0.1, -0.05) is 24.4 Å². The van der Waals surface area contributed by atoms with E-state index in [1.807, 2.05) is 0 Å². The average molecular weight is 298 g/mol. The van der Waals surface area contributed by atoms with Crippen LogP contribution in [0, 0.1) is 10.1 Å². The van der Waals surface area contributed by atoms with Crippen LogP contribution in [0.4, 0.5) is 16.2 Å². The van der Waals surface area contributed by atoms with Crippen molar-refractivity contribution < 1.29 is 9.72 Å². The number of nitro groups is 1. The molecule has 1 aliphatic heterocycles. The van der Waals surface area contributed by atoms with Crippen molar-refractivity contribution in [3.63, 3.8) is 0 Å². The number of benzene rings is 1. The van der Waals surface area contributed by atoms with Crippen LogP contribution in [0.1, 0.15) is 25.7 Å². The molecule has 0 unspecified atom stereocenters. The Kier molecular flexibility index (Phi) is 4.79. The fourth-order valence-corrected chi connectivity index (χ4v) is 2.41. The minimum atomic E-state index is -0.533. The van der Waals surface area contributed by atoms with Gasteiger partial charge < -0.3 is 10.2 Å². The maximum Gasteiger partial charge on any atom is 0.322 e. The molecule has 108 valence electrons. The fraction of sp³-hybridized carbons (Fsp3) is 0.462. The molecule has 2 rings (SSSR count). The molecule has 0 aliphatic carbocycles. The number of rotatable bonds is 2. The van der Waals surface area contributed by atoms with Crippen LogP contribution in [-0.4, -0.2) is 28.9 Å². The third kappa shape index (κ3) is 3.60. The third-order valence-electron chi connectivity index (χ3n) is 3.29. The highest BCUT2D eigenvalue weighted by Crippen LogP contribution is 2.28. The molecular weight excluding hydrogens is 282 g/mol. The molecule has 6 nitrogen and oxygen atoms in total. The number of amides is 2. The Labute approximate surface area is 121 Å². The summed E-state index contributed by atoms with van der Waals surface area (Å²) in [5.74, 6) is 0. The average Bonchev–Trinajstić information content (AvgIpc) is 2.67. The van der Waals surface area contributed by atoms with Gasteiger partial charge in [0.05, 0.1) is 4.92 Å². The zero-order valence-corrected chi connectivity index (χ0v) is 11.7. The van der Waals surface area contributed by atoms with Crippen molar-refractivity contribution in [3.05, 3.63) is 33.3 Å². The summed E-state index contributed by atoms with van der Waals surface area (Å²) < 4.78 is 0. The number of hydrogen-bond donors (Lipinski definition) is 1. The lowest BCUT2D eigenvalue weighted by molar-refractivity contribution is -0.383. The standard InChI is InChI=1S/C13H16ClN3O3/c14-10-5-6-12(17(19)20)11(9-10)15-13(18)16-7-3-1-2-4-8-16/h5-6,9H,1-4,7-8H2,(H,15,18). The molecule has 1 aromatic carbocycles. The molecule has 0 spiro atoms. The summed E-state index contributed by atoms with van der Waals surface area (Å²) in [4.78, 5) is 24.3. The van der Waals surface area contributed by atoms with Crippen molar-refractivity contribution in [2.75, 3.05) is 18.4 Å². The molecule has 7 heteroatoms. The van der Waals surface area contributed by atoms with Crippen LogP contribution < -0.4 is 5.32 Å². The Morgan fingerprint density at radius 1 is 1.25 bits per heavy atom. The summed E-state index contributed by atoms with van der Waals surface area (Å²) in [5, 5.41) is 13.9. The largest absolute Gasteiger partial charge is 0.325 e. The summed E-state index contributed by atoms with van der Waals surface area (Å²) in [6.45, 7) is 1.36. The Bertz CT molecular complexity index is 514. The van der Waals surface area contributed by atoms with E-state index in [1.54, 1.807) is 4.90 Å². The molecule has 0 bridgehead atoms. The predicted molar refractivity (Wildman–Crippen MR) is 77.2 cm³/mol. The molecule has 20 heavy (non-hydrogen) atoms.